The molecule has 0 saturated heterocycles. The summed E-state index contributed by atoms with van der Waals surface area (Å²) in [6, 6.07) is 14.5. The summed E-state index contributed by atoms with van der Waals surface area (Å²) in [5.41, 5.74) is 0.0391. The summed E-state index contributed by atoms with van der Waals surface area (Å²) in [6.45, 7) is -0.308. The van der Waals surface area contributed by atoms with Crippen molar-refractivity contribution in [2.45, 2.75) is 24.9 Å². The molecule has 0 aliphatic heterocycles. The molecule has 2 N–H and O–H groups in total. The molecule has 132 valence electrons. The minimum absolute atomic E-state index is 0.308. The zero-order valence-corrected chi connectivity index (χ0v) is 15.4. The van der Waals surface area contributed by atoms with Crippen molar-refractivity contribution in [1.82, 2.24) is 14.9 Å². The molecule has 1 heterocycles. The van der Waals surface area contributed by atoms with Crippen LogP contribution >= 0.6 is 15.9 Å². The maximum absolute atomic E-state index is 12.5. The van der Waals surface area contributed by atoms with E-state index in [9.17, 15) is 14.4 Å². The summed E-state index contributed by atoms with van der Waals surface area (Å²) in [5, 5.41) is 3.37. The van der Waals surface area contributed by atoms with Crippen LogP contribution in [-0.4, -0.2) is 15.5 Å². The Bertz CT molecular complexity index is 1110. The Balaban J connectivity index is 1.59. The third kappa shape index (κ3) is 2.99. The molecule has 0 unspecified atom stereocenters. The minimum atomic E-state index is -0.586. The first-order valence-corrected chi connectivity index (χ1v) is 9.07. The number of fused-ring (bicyclic) bond motifs is 1. The highest BCUT2D eigenvalue weighted by Crippen LogP contribution is 2.45. The van der Waals surface area contributed by atoms with E-state index in [0.29, 0.717) is 10.9 Å². The number of aromatic nitrogens is 2. The standard InChI is InChI=1S/C19H16BrN3O3/c20-13-7-5-12(6-8-13)19(9-10-19)22-16(24)11-23-17(25)14-3-1-2-4-15(14)21-18(23)26/h1-8H,9-11H2,(H,21,26)(H,22,24). The van der Waals surface area contributed by atoms with E-state index in [1.807, 2.05) is 24.3 Å². The summed E-state index contributed by atoms with van der Waals surface area (Å²) >= 11 is 3.40. The molecule has 0 spiro atoms. The molecule has 1 fully saturated rings. The van der Waals surface area contributed by atoms with Gasteiger partial charge in [-0.3, -0.25) is 14.2 Å². The molecular weight excluding hydrogens is 398 g/mol. The topological polar surface area (TPSA) is 84.0 Å². The third-order valence-electron chi connectivity index (χ3n) is 4.72. The molecule has 2 aromatic carbocycles. The van der Waals surface area contributed by atoms with E-state index < -0.39 is 16.8 Å². The second kappa shape index (κ2) is 6.25. The van der Waals surface area contributed by atoms with Gasteiger partial charge in [-0.2, -0.15) is 0 Å². The van der Waals surface area contributed by atoms with E-state index in [-0.39, 0.29) is 12.5 Å². The quantitative estimate of drug-likeness (QED) is 0.687. The van der Waals surface area contributed by atoms with E-state index >= 15 is 0 Å². The molecule has 1 aliphatic rings. The molecule has 1 saturated carbocycles. The van der Waals surface area contributed by atoms with E-state index in [0.717, 1.165) is 27.4 Å². The lowest BCUT2D eigenvalue weighted by molar-refractivity contribution is -0.122. The van der Waals surface area contributed by atoms with Crippen LogP contribution in [0.5, 0.6) is 0 Å². The maximum Gasteiger partial charge on any atom is 0.329 e. The smallest absolute Gasteiger partial charge is 0.329 e. The predicted octanol–water partition coefficient (Wildman–Crippen LogP) is 2.26. The SMILES string of the molecule is O=C(Cn1c(=O)[nH]c2ccccc2c1=O)NC1(c2ccc(Br)cc2)CC1. The average Bonchev–Trinajstić information content (AvgIpc) is 3.39. The number of H-pyrrole nitrogens is 1. The molecule has 3 aromatic rings. The highest BCUT2D eigenvalue weighted by molar-refractivity contribution is 9.10. The van der Waals surface area contributed by atoms with Crippen molar-refractivity contribution in [3.8, 4) is 0 Å². The van der Waals surface area contributed by atoms with Crippen molar-refractivity contribution in [2.24, 2.45) is 0 Å². The van der Waals surface area contributed by atoms with Gasteiger partial charge in [0.15, 0.2) is 0 Å². The van der Waals surface area contributed by atoms with Crippen LogP contribution in [0.15, 0.2) is 62.6 Å². The molecular formula is C19H16BrN3O3. The maximum atomic E-state index is 12.5. The Morgan fingerprint density at radius 2 is 1.81 bits per heavy atom. The molecule has 1 aliphatic carbocycles. The molecule has 0 radical (unpaired) electrons. The monoisotopic (exact) mass is 413 g/mol. The van der Waals surface area contributed by atoms with Crippen molar-refractivity contribution < 1.29 is 4.79 Å². The van der Waals surface area contributed by atoms with Crippen LogP contribution in [0.4, 0.5) is 0 Å². The Labute approximate surface area is 157 Å². The molecule has 7 heteroatoms. The molecule has 1 aromatic heterocycles. The van der Waals surface area contributed by atoms with Crippen LogP contribution < -0.4 is 16.6 Å². The van der Waals surface area contributed by atoms with Gasteiger partial charge in [0.25, 0.3) is 5.56 Å². The van der Waals surface area contributed by atoms with E-state index in [1.54, 1.807) is 24.3 Å². The number of rotatable bonds is 4. The van der Waals surface area contributed by atoms with Crippen molar-refractivity contribution in [3.63, 3.8) is 0 Å². The van der Waals surface area contributed by atoms with Crippen molar-refractivity contribution >= 4 is 32.7 Å². The summed E-state index contributed by atoms with van der Waals surface area (Å²) < 4.78 is 1.91. The van der Waals surface area contributed by atoms with Gasteiger partial charge < -0.3 is 10.3 Å². The van der Waals surface area contributed by atoms with Crippen LogP contribution in [0.2, 0.25) is 0 Å². The van der Waals surface area contributed by atoms with Crippen LogP contribution in [0, 0.1) is 0 Å². The largest absolute Gasteiger partial charge is 0.345 e. The highest BCUT2D eigenvalue weighted by atomic mass is 79.9. The Morgan fingerprint density at radius 1 is 1.12 bits per heavy atom. The third-order valence-corrected chi connectivity index (χ3v) is 5.25. The normalized spacial score (nSPS) is 15.0. The fraction of sp³-hybridized carbons (Fsp3) is 0.211. The van der Waals surface area contributed by atoms with Gasteiger partial charge in [-0.05, 0) is 42.7 Å². The van der Waals surface area contributed by atoms with Crippen LogP contribution in [0.3, 0.4) is 0 Å². The fourth-order valence-corrected chi connectivity index (χ4v) is 3.44. The summed E-state index contributed by atoms with van der Waals surface area (Å²) in [7, 11) is 0. The second-order valence-corrected chi connectivity index (χ2v) is 7.42. The summed E-state index contributed by atoms with van der Waals surface area (Å²) in [6.07, 6.45) is 1.67. The zero-order chi connectivity index (χ0) is 18.3. The van der Waals surface area contributed by atoms with Crippen molar-refractivity contribution in [2.75, 3.05) is 0 Å². The molecule has 1 amide bonds. The second-order valence-electron chi connectivity index (χ2n) is 6.50. The van der Waals surface area contributed by atoms with E-state index in [1.165, 1.54) is 0 Å². The number of hydrogen-bond donors (Lipinski definition) is 2. The fourth-order valence-electron chi connectivity index (χ4n) is 3.17. The van der Waals surface area contributed by atoms with Crippen LogP contribution in [-0.2, 0) is 16.9 Å². The van der Waals surface area contributed by atoms with Gasteiger partial charge in [0, 0.05) is 4.47 Å². The van der Waals surface area contributed by atoms with Crippen molar-refractivity contribution in [1.29, 1.82) is 0 Å². The Kier molecular flexibility index (Phi) is 4.03. The first-order chi connectivity index (χ1) is 12.5. The number of nitrogens with one attached hydrogen (secondary N) is 2. The molecule has 0 bridgehead atoms. The van der Waals surface area contributed by atoms with Gasteiger partial charge in [-0.25, -0.2) is 4.79 Å². The molecule has 0 atom stereocenters. The molecule has 4 rings (SSSR count). The Hall–Kier alpha value is -2.67. The van der Waals surface area contributed by atoms with Gasteiger partial charge >= 0.3 is 5.69 Å². The predicted molar refractivity (Wildman–Crippen MR) is 102 cm³/mol. The first kappa shape index (κ1) is 16.8. The van der Waals surface area contributed by atoms with Gasteiger partial charge in [-0.15, -0.1) is 0 Å². The molecule has 6 nitrogen and oxygen atoms in total. The summed E-state index contributed by atoms with van der Waals surface area (Å²) in [5.74, 6) is -0.353. The van der Waals surface area contributed by atoms with Crippen LogP contribution in [0.1, 0.15) is 18.4 Å². The summed E-state index contributed by atoms with van der Waals surface area (Å²) in [4.78, 5) is 39.9. The first-order valence-electron chi connectivity index (χ1n) is 8.27. The molecule has 26 heavy (non-hydrogen) atoms. The van der Waals surface area contributed by atoms with Gasteiger partial charge in [0.1, 0.15) is 6.54 Å². The van der Waals surface area contributed by atoms with E-state index in [4.69, 9.17) is 0 Å². The van der Waals surface area contributed by atoms with Crippen LogP contribution in [0.25, 0.3) is 10.9 Å². The highest BCUT2D eigenvalue weighted by Gasteiger charge is 2.45. The minimum Gasteiger partial charge on any atom is -0.345 e. The average molecular weight is 414 g/mol. The number of carbonyl (C=O) groups excluding carboxylic acids is 1. The number of benzene rings is 2. The number of hydrogen-bond acceptors (Lipinski definition) is 3. The number of amides is 1. The lowest BCUT2D eigenvalue weighted by Gasteiger charge is -2.18. The lowest BCUT2D eigenvalue weighted by atomic mass is 10.1. The number of para-hydroxylation sites is 1. The van der Waals surface area contributed by atoms with E-state index in [2.05, 4.69) is 26.2 Å². The van der Waals surface area contributed by atoms with Gasteiger partial charge in [0.2, 0.25) is 5.91 Å². The number of aromatic amines is 1. The number of carbonyl (C=O) groups is 1. The van der Waals surface area contributed by atoms with Gasteiger partial charge in [0.05, 0.1) is 16.4 Å². The van der Waals surface area contributed by atoms with Crippen molar-refractivity contribution in [3.05, 3.63) is 79.4 Å². The number of halogens is 1. The van der Waals surface area contributed by atoms with Gasteiger partial charge in [-0.1, -0.05) is 40.2 Å². The zero-order valence-electron chi connectivity index (χ0n) is 13.8. The number of nitrogens with zero attached hydrogens (tertiary/aromatic N) is 1. The lowest BCUT2D eigenvalue weighted by Crippen LogP contribution is -2.43. The Morgan fingerprint density at radius 3 is 2.50 bits per heavy atom.